The lowest BCUT2D eigenvalue weighted by molar-refractivity contribution is 0.254. The van der Waals surface area contributed by atoms with Crippen LogP contribution in [0, 0.1) is 30.1 Å². The first-order valence-corrected chi connectivity index (χ1v) is 4.70. The maximum absolute atomic E-state index is 5.39. The summed E-state index contributed by atoms with van der Waals surface area (Å²) in [4.78, 5) is 0. The lowest BCUT2D eigenvalue weighted by atomic mass is 9.77. The Labute approximate surface area is 70.4 Å². The third-order valence-corrected chi connectivity index (χ3v) is 3.03. The molecule has 0 radical (unpaired) electrons. The largest absolute Gasteiger partial charge is 0.120 e. The molecule has 0 aromatic heterocycles. The fourth-order valence-electron chi connectivity index (χ4n) is 1.92. The molecule has 11 heavy (non-hydrogen) atoms. The van der Waals surface area contributed by atoms with Crippen LogP contribution in [0.3, 0.4) is 0 Å². The van der Waals surface area contributed by atoms with Gasteiger partial charge in [0.25, 0.3) is 0 Å². The van der Waals surface area contributed by atoms with E-state index < -0.39 is 0 Å². The van der Waals surface area contributed by atoms with Crippen LogP contribution in [-0.4, -0.2) is 0 Å². The highest BCUT2D eigenvalue weighted by molar-refractivity contribution is 4.94. The van der Waals surface area contributed by atoms with Crippen molar-refractivity contribution in [2.45, 2.75) is 39.5 Å². The second kappa shape index (κ2) is 3.81. The fraction of sp³-hybridized carbons (Fsp3) is 0.818. The van der Waals surface area contributed by atoms with Gasteiger partial charge >= 0.3 is 0 Å². The smallest absolute Gasteiger partial charge is 0.0200 e. The Morgan fingerprint density at radius 3 is 2.27 bits per heavy atom. The normalized spacial score (nSPS) is 34.3. The van der Waals surface area contributed by atoms with Gasteiger partial charge in [0.05, 0.1) is 0 Å². The van der Waals surface area contributed by atoms with Crippen molar-refractivity contribution in [3.05, 3.63) is 0 Å². The van der Waals surface area contributed by atoms with Crippen LogP contribution in [0.4, 0.5) is 0 Å². The third kappa shape index (κ3) is 2.26. The van der Waals surface area contributed by atoms with Gasteiger partial charge in [-0.25, -0.2) is 0 Å². The Hall–Kier alpha value is -0.440. The van der Waals surface area contributed by atoms with Crippen LogP contribution in [0.5, 0.6) is 0 Å². The summed E-state index contributed by atoms with van der Waals surface area (Å²) >= 11 is 0. The first-order valence-electron chi connectivity index (χ1n) is 4.70. The SMILES string of the molecule is C#CC(C)C1CCC(C)CC1. The van der Waals surface area contributed by atoms with Crippen LogP contribution in [0.15, 0.2) is 0 Å². The minimum Gasteiger partial charge on any atom is -0.120 e. The highest BCUT2D eigenvalue weighted by Gasteiger charge is 2.21. The van der Waals surface area contributed by atoms with E-state index in [0.717, 1.165) is 11.8 Å². The molecule has 0 amide bonds. The lowest BCUT2D eigenvalue weighted by Gasteiger charge is -2.28. The quantitative estimate of drug-likeness (QED) is 0.504. The second-order valence-electron chi connectivity index (χ2n) is 3.98. The lowest BCUT2D eigenvalue weighted by Crippen LogP contribution is -2.17. The molecule has 0 saturated heterocycles. The molecule has 0 heteroatoms. The molecule has 0 N–H and O–H groups in total. The van der Waals surface area contributed by atoms with Crippen molar-refractivity contribution in [3.63, 3.8) is 0 Å². The van der Waals surface area contributed by atoms with Gasteiger partial charge in [0.1, 0.15) is 0 Å². The summed E-state index contributed by atoms with van der Waals surface area (Å²) in [6.45, 7) is 4.53. The van der Waals surface area contributed by atoms with E-state index in [-0.39, 0.29) is 0 Å². The maximum Gasteiger partial charge on any atom is 0.0200 e. The zero-order valence-electron chi connectivity index (χ0n) is 7.64. The standard InChI is InChI=1S/C11H18/c1-4-10(3)11-7-5-9(2)6-8-11/h1,9-11H,5-8H2,2-3H3. The van der Waals surface area contributed by atoms with Crippen molar-refractivity contribution in [1.29, 1.82) is 0 Å². The van der Waals surface area contributed by atoms with Gasteiger partial charge in [0.2, 0.25) is 0 Å². The zero-order valence-corrected chi connectivity index (χ0v) is 7.64. The summed E-state index contributed by atoms with van der Waals surface area (Å²) in [5.74, 6) is 5.11. The monoisotopic (exact) mass is 150 g/mol. The molecule has 1 aliphatic carbocycles. The van der Waals surface area contributed by atoms with Crippen molar-refractivity contribution in [1.82, 2.24) is 0 Å². The summed E-state index contributed by atoms with van der Waals surface area (Å²) in [5.41, 5.74) is 0. The molecule has 1 unspecified atom stereocenters. The summed E-state index contributed by atoms with van der Waals surface area (Å²) in [7, 11) is 0. The van der Waals surface area contributed by atoms with E-state index in [1.165, 1.54) is 25.7 Å². The Bertz CT molecular complexity index is 144. The minimum atomic E-state index is 0.502. The highest BCUT2D eigenvalue weighted by Crippen LogP contribution is 2.32. The molecule has 0 aromatic rings. The van der Waals surface area contributed by atoms with Crippen LogP contribution in [0.1, 0.15) is 39.5 Å². The van der Waals surface area contributed by atoms with E-state index in [4.69, 9.17) is 6.42 Å². The van der Waals surface area contributed by atoms with E-state index in [1.807, 2.05) is 0 Å². The Kier molecular flexibility index (Phi) is 3.00. The predicted octanol–water partition coefficient (Wildman–Crippen LogP) is 3.08. The maximum atomic E-state index is 5.39. The van der Waals surface area contributed by atoms with Gasteiger partial charge in [-0.05, 0) is 24.7 Å². The van der Waals surface area contributed by atoms with Gasteiger partial charge in [-0.15, -0.1) is 12.3 Å². The van der Waals surface area contributed by atoms with Crippen LogP contribution < -0.4 is 0 Å². The summed E-state index contributed by atoms with van der Waals surface area (Å²) < 4.78 is 0. The minimum absolute atomic E-state index is 0.502. The van der Waals surface area contributed by atoms with Crippen molar-refractivity contribution in [2.24, 2.45) is 17.8 Å². The molecule has 0 aliphatic heterocycles. The van der Waals surface area contributed by atoms with E-state index >= 15 is 0 Å². The van der Waals surface area contributed by atoms with E-state index in [0.29, 0.717) is 5.92 Å². The van der Waals surface area contributed by atoms with Crippen LogP contribution in [0.2, 0.25) is 0 Å². The first-order chi connectivity index (χ1) is 5.24. The number of hydrogen-bond acceptors (Lipinski definition) is 0. The van der Waals surface area contributed by atoms with E-state index in [1.54, 1.807) is 0 Å². The number of terminal acetylenes is 1. The molecule has 0 heterocycles. The van der Waals surface area contributed by atoms with E-state index in [2.05, 4.69) is 19.8 Å². The van der Waals surface area contributed by atoms with Crippen molar-refractivity contribution in [2.75, 3.05) is 0 Å². The number of rotatable bonds is 1. The van der Waals surface area contributed by atoms with Crippen LogP contribution >= 0.6 is 0 Å². The predicted molar refractivity (Wildman–Crippen MR) is 49.1 cm³/mol. The summed E-state index contributed by atoms with van der Waals surface area (Å²) in [6.07, 6.45) is 10.9. The fourth-order valence-corrected chi connectivity index (χ4v) is 1.92. The molecular formula is C11H18. The first kappa shape index (κ1) is 8.65. The van der Waals surface area contributed by atoms with Crippen LogP contribution in [-0.2, 0) is 0 Å². The molecule has 1 rings (SSSR count). The molecule has 0 aromatic carbocycles. The second-order valence-corrected chi connectivity index (χ2v) is 3.98. The van der Waals surface area contributed by atoms with Crippen molar-refractivity contribution in [3.8, 4) is 12.3 Å². The van der Waals surface area contributed by atoms with Gasteiger partial charge in [0, 0.05) is 5.92 Å². The Morgan fingerprint density at radius 1 is 1.27 bits per heavy atom. The molecule has 1 aliphatic rings. The van der Waals surface area contributed by atoms with Gasteiger partial charge in [0.15, 0.2) is 0 Å². The molecular weight excluding hydrogens is 132 g/mol. The van der Waals surface area contributed by atoms with Crippen molar-refractivity contribution < 1.29 is 0 Å². The van der Waals surface area contributed by atoms with Crippen LogP contribution in [0.25, 0.3) is 0 Å². The molecule has 0 bridgehead atoms. The van der Waals surface area contributed by atoms with Crippen molar-refractivity contribution >= 4 is 0 Å². The molecule has 1 fully saturated rings. The van der Waals surface area contributed by atoms with Gasteiger partial charge < -0.3 is 0 Å². The summed E-state index contributed by atoms with van der Waals surface area (Å²) in [5, 5.41) is 0. The number of hydrogen-bond donors (Lipinski definition) is 0. The van der Waals surface area contributed by atoms with E-state index in [9.17, 15) is 0 Å². The zero-order chi connectivity index (χ0) is 8.27. The Balaban J connectivity index is 2.34. The average Bonchev–Trinajstić information content (AvgIpc) is 2.05. The van der Waals surface area contributed by atoms with Gasteiger partial charge in [-0.3, -0.25) is 0 Å². The summed E-state index contributed by atoms with van der Waals surface area (Å²) in [6, 6.07) is 0. The highest BCUT2D eigenvalue weighted by atomic mass is 14.3. The molecule has 0 spiro atoms. The van der Waals surface area contributed by atoms with Gasteiger partial charge in [-0.2, -0.15) is 0 Å². The van der Waals surface area contributed by atoms with Gasteiger partial charge in [-0.1, -0.05) is 26.7 Å². The average molecular weight is 150 g/mol. The molecule has 1 atom stereocenters. The molecule has 62 valence electrons. The Morgan fingerprint density at radius 2 is 1.82 bits per heavy atom. The molecule has 0 nitrogen and oxygen atoms in total. The third-order valence-electron chi connectivity index (χ3n) is 3.03. The molecule has 1 saturated carbocycles. The topological polar surface area (TPSA) is 0 Å².